The van der Waals surface area contributed by atoms with Crippen molar-refractivity contribution in [2.45, 2.75) is 57.8 Å². The molecule has 0 atom stereocenters. The van der Waals surface area contributed by atoms with Crippen LogP contribution in [0.15, 0.2) is 23.1 Å². The number of carboxylic acids is 1. The van der Waals surface area contributed by atoms with Gasteiger partial charge in [-0.1, -0.05) is 62.5 Å². The minimum Gasteiger partial charge on any atom is -0.497 e. The molecule has 2 rings (SSSR count). The first kappa shape index (κ1) is 25.2. The highest BCUT2D eigenvalue weighted by Gasteiger charge is 2.31. The van der Waals surface area contributed by atoms with E-state index in [4.69, 9.17) is 26.8 Å². The molecule has 0 saturated carbocycles. The van der Waals surface area contributed by atoms with E-state index in [1.807, 2.05) is 24.3 Å². The molecule has 0 unspecified atom stereocenters. The Morgan fingerprint density at radius 1 is 1.06 bits per heavy atom. The van der Waals surface area contributed by atoms with Crippen molar-refractivity contribution in [3.8, 4) is 11.5 Å². The summed E-state index contributed by atoms with van der Waals surface area (Å²) < 4.78 is 11.3. The van der Waals surface area contributed by atoms with Gasteiger partial charge in [0.25, 0.3) is 5.91 Å². The van der Waals surface area contributed by atoms with Crippen LogP contribution in [-0.4, -0.2) is 47.0 Å². The highest BCUT2D eigenvalue weighted by Crippen LogP contribution is 2.35. The van der Waals surface area contributed by atoms with Gasteiger partial charge in [-0.3, -0.25) is 14.5 Å². The fraction of sp³-hybridized carbons (Fsp3) is 0.522. The molecule has 1 saturated heterocycles. The Morgan fingerprint density at radius 3 is 2.32 bits per heavy atom. The number of amides is 1. The Kier molecular flexibility index (Phi) is 10.9. The average Bonchev–Trinajstić information content (AvgIpc) is 3.01. The Bertz CT molecular complexity index is 809. The van der Waals surface area contributed by atoms with Gasteiger partial charge < -0.3 is 14.6 Å². The maximum absolute atomic E-state index is 12.8. The number of carboxylic acid groups (broad SMARTS) is 1. The molecule has 0 spiro atoms. The van der Waals surface area contributed by atoms with Crippen LogP contribution in [0.2, 0.25) is 0 Å². The molecule has 0 aliphatic carbocycles. The van der Waals surface area contributed by atoms with Crippen LogP contribution in [0.1, 0.15) is 63.4 Å². The minimum absolute atomic E-state index is 0.0571. The number of rotatable bonds is 14. The molecule has 1 amide bonds. The smallest absolute Gasteiger partial charge is 0.303 e. The van der Waals surface area contributed by atoms with Gasteiger partial charge in [-0.15, -0.1) is 0 Å². The van der Waals surface area contributed by atoms with Crippen LogP contribution in [-0.2, 0) is 9.59 Å². The summed E-state index contributed by atoms with van der Waals surface area (Å²) in [4.78, 5) is 25.6. The molecule has 31 heavy (non-hydrogen) atoms. The van der Waals surface area contributed by atoms with E-state index in [1.54, 1.807) is 19.1 Å². The van der Waals surface area contributed by atoms with Crippen LogP contribution in [0.4, 0.5) is 0 Å². The van der Waals surface area contributed by atoms with Crippen LogP contribution < -0.4 is 9.47 Å². The van der Waals surface area contributed by atoms with Crippen molar-refractivity contribution in [3.05, 3.63) is 28.7 Å². The van der Waals surface area contributed by atoms with Gasteiger partial charge in [-0.25, -0.2) is 0 Å². The van der Waals surface area contributed by atoms with Gasteiger partial charge in [0.05, 0.1) is 19.1 Å². The summed E-state index contributed by atoms with van der Waals surface area (Å²) in [6, 6.07) is 5.47. The Morgan fingerprint density at radius 2 is 1.71 bits per heavy atom. The van der Waals surface area contributed by atoms with E-state index in [2.05, 4.69) is 0 Å². The zero-order valence-corrected chi connectivity index (χ0v) is 19.9. The molecule has 6 nitrogen and oxygen atoms in total. The molecule has 1 aliphatic rings. The number of carbonyl (C=O) groups is 2. The van der Waals surface area contributed by atoms with Gasteiger partial charge in [0, 0.05) is 18.5 Å². The monoisotopic (exact) mass is 465 g/mol. The molecule has 0 aromatic heterocycles. The highest BCUT2D eigenvalue weighted by molar-refractivity contribution is 8.26. The number of thioether (sulfide) groups is 1. The number of unbranched alkanes of at least 4 members (excludes halogenated alkanes) is 7. The van der Waals surface area contributed by atoms with Gasteiger partial charge in [-0.2, -0.15) is 0 Å². The second kappa shape index (κ2) is 13.4. The Hall–Kier alpha value is -2.06. The van der Waals surface area contributed by atoms with Crippen molar-refractivity contribution in [2.24, 2.45) is 0 Å². The molecule has 1 N–H and O–H groups in total. The third kappa shape index (κ3) is 8.18. The van der Waals surface area contributed by atoms with E-state index in [1.165, 1.54) is 11.8 Å². The quantitative estimate of drug-likeness (QED) is 0.221. The number of hydrogen-bond acceptors (Lipinski definition) is 6. The lowest BCUT2D eigenvalue weighted by molar-refractivity contribution is -0.137. The van der Waals surface area contributed by atoms with E-state index in [9.17, 15) is 9.59 Å². The van der Waals surface area contributed by atoms with E-state index in [0.717, 1.165) is 56.9 Å². The van der Waals surface area contributed by atoms with Crippen molar-refractivity contribution in [1.82, 2.24) is 4.90 Å². The van der Waals surface area contributed by atoms with Crippen molar-refractivity contribution in [2.75, 3.05) is 20.8 Å². The van der Waals surface area contributed by atoms with E-state index >= 15 is 0 Å². The molecule has 8 heteroatoms. The molecule has 0 radical (unpaired) electrons. The molecule has 1 fully saturated rings. The van der Waals surface area contributed by atoms with Crippen LogP contribution in [0.5, 0.6) is 11.5 Å². The summed E-state index contributed by atoms with van der Waals surface area (Å²) in [7, 11) is 3.20. The first-order chi connectivity index (χ1) is 15.0. The lowest BCUT2D eigenvalue weighted by Gasteiger charge is -2.14. The van der Waals surface area contributed by atoms with Gasteiger partial charge >= 0.3 is 5.97 Å². The summed E-state index contributed by atoms with van der Waals surface area (Å²) in [5.41, 5.74) is 0.783. The average molecular weight is 466 g/mol. The molecule has 1 aliphatic heterocycles. The number of ether oxygens (including phenoxy) is 2. The number of methoxy groups -OCH3 is 2. The zero-order valence-electron chi connectivity index (χ0n) is 18.2. The normalized spacial score (nSPS) is 15.0. The molecule has 1 aromatic carbocycles. The fourth-order valence-corrected chi connectivity index (χ4v) is 4.69. The second-order valence-corrected chi connectivity index (χ2v) is 9.09. The molecule has 1 heterocycles. The minimum atomic E-state index is -0.715. The largest absolute Gasteiger partial charge is 0.497 e. The van der Waals surface area contributed by atoms with Crippen LogP contribution in [0.25, 0.3) is 6.08 Å². The SMILES string of the molecule is COc1ccc(OC)c(/C=C2\SC(=S)N(CCCCCCCCCCC(=O)O)C2=O)c1. The lowest BCUT2D eigenvalue weighted by atomic mass is 10.1. The number of hydrogen-bond donors (Lipinski definition) is 1. The molecule has 1 aromatic rings. The van der Waals surface area contributed by atoms with Gasteiger partial charge in [0.2, 0.25) is 0 Å². The Labute approximate surface area is 194 Å². The molecule has 170 valence electrons. The number of nitrogens with zero attached hydrogens (tertiary/aromatic N) is 1. The number of thiocarbonyl (C=S) groups is 1. The Balaban J connectivity index is 1.76. The van der Waals surface area contributed by atoms with Crippen LogP contribution >= 0.6 is 24.0 Å². The first-order valence-corrected chi connectivity index (χ1v) is 11.9. The maximum atomic E-state index is 12.8. The van der Waals surface area contributed by atoms with E-state index < -0.39 is 5.97 Å². The predicted octanol–water partition coefficient (Wildman–Crippen LogP) is 5.50. The van der Waals surface area contributed by atoms with Crippen LogP contribution in [0, 0.1) is 0 Å². The van der Waals surface area contributed by atoms with Crippen molar-refractivity contribution in [3.63, 3.8) is 0 Å². The summed E-state index contributed by atoms with van der Waals surface area (Å²) in [5, 5.41) is 8.62. The first-order valence-electron chi connectivity index (χ1n) is 10.7. The third-order valence-corrected chi connectivity index (χ3v) is 6.50. The van der Waals surface area contributed by atoms with E-state index in [0.29, 0.717) is 27.3 Å². The standard InChI is InChI=1S/C23H31NO5S2/c1-28-18-12-13-19(29-2)17(15-18)16-20-22(27)24(23(30)31-20)14-10-8-6-4-3-5-7-9-11-21(25)26/h12-13,15-16H,3-11,14H2,1-2H3,(H,25,26)/b20-16-. The maximum Gasteiger partial charge on any atom is 0.303 e. The third-order valence-electron chi connectivity index (χ3n) is 5.12. The van der Waals surface area contributed by atoms with Crippen molar-refractivity contribution in [1.29, 1.82) is 0 Å². The van der Waals surface area contributed by atoms with E-state index in [-0.39, 0.29) is 12.3 Å². The topological polar surface area (TPSA) is 76.1 Å². The number of carbonyl (C=O) groups excluding carboxylic acids is 1. The summed E-state index contributed by atoms with van der Waals surface area (Å²) >= 11 is 6.75. The highest BCUT2D eigenvalue weighted by atomic mass is 32.2. The zero-order chi connectivity index (χ0) is 22.6. The predicted molar refractivity (Wildman–Crippen MR) is 129 cm³/mol. The van der Waals surface area contributed by atoms with Crippen molar-refractivity contribution < 1.29 is 24.2 Å². The lowest BCUT2D eigenvalue weighted by Crippen LogP contribution is -2.29. The summed E-state index contributed by atoms with van der Waals surface area (Å²) in [6.45, 7) is 0.635. The molecule has 0 bridgehead atoms. The van der Waals surface area contributed by atoms with Crippen molar-refractivity contribution >= 4 is 46.3 Å². The van der Waals surface area contributed by atoms with Gasteiger partial charge in [-0.05, 0) is 37.1 Å². The fourth-order valence-electron chi connectivity index (χ4n) is 3.39. The molecular formula is C23H31NO5S2. The second-order valence-electron chi connectivity index (χ2n) is 7.41. The van der Waals surface area contributed by atoms with Gasteiger partial charge in [0.15, 0.2) is 0 Å². The summed E-state index contributed by atoms with van der Waals surface area (Å²) in [5.74, 6) is 0.602. The van der Waals surface area contributed by atoms with Gasteiger partial charge in [0.1, 0.15) is 15.8 Å². The van der Waals surface area contributed by atoms with Crippen LogP contribution in [0.3, 0.4) is 0 Å². The molecular weight excluding hydrogens is 434 g/mol. The summed E-state index contributed by atoms with van der Waals surface area (Å²) in [6.07, 6.45) is 10.3. The number of benzene rings is 1. The number of aliphatic carboxylic acids is 1.